The maximum atomic E-state index is 13.3. The molecule has 144 valence electrons. The Morgan fingerprint density at radius 3 is 2.11 bits per heavy atom. The van der Waals surface area contributed by atoms with Crippen LogP contribution < -0.4 is 5.32 Å². The summed E-state index contributed by atoms with van der Waals surface area (Å²) < 4.78 is 90.0. The molecule has 0 spiro atoms. The molecule has 0 heterocycles. The quantitative estimate of drug-likeness (QED) is 0.450. The van der Waals surface area contributed by atoms with Crippen molar-refractivity contribution in [2.45, 2.75) is 12.4 Å². The molecule has 12 heteroatoms. The number of anilines is 1. The molecule has 0 saturated carbocycles. The van der Waals surface area contributed by atoms with Gasteiger partial charge >= 0.3 is 12.4 Å². The van der Waals surface area contributed by atoms with Crippen LogP contribution in [0.4, 0.5) is 42.1 Å². The zero-order valence-corrected chi connectivity index (χ0v) is 12.8. The first-order valence-corrected chi connectivity index (χ1v) is 6.84. The number of hydrogen-bond acceptors (Lipinski definition) is 3. The third-order valence-corrected chi connectivity index (χ3v) is 3.24. The van der Waals surface area contributed by atoms with Crippen LogP contribution in [0.5, 0.6) is 0 Å². The van der Waals surface area contributed by atoms with E-state index in [1.807, 2.05) is 5.32 Å². The van der Waals surface area contributed by atoms with Crippen molar-refractivity contribution in [1.29, 1.82) is 0 Å². The van der Waals surface area contributed by atoms with Gasteiger partial charge in [-0.2, -0.15) is 26.3 Å². The number of carbonyl (C=O) groups excluding carboxylic acids is 1. The van der Waals surface area contributed by atoms with Gasteiger partial charge in [0.15, 0.2) is 0 Å². The van der Waals surface area contributed by atoms with Crippen LogP contribution in [-0.4, -0.2) is 10.8 Å². The molecule has 2 rings (SSSR count). The van der Waals surface area contributed by atoms with Gasteiger partial charge in [-0.1, -0.05) is 0 Å². The van der Waals surface area contributed by atoms with Gasteiger partial charge < -0.3 is 5.32 Å². The van der Waals surface area contributed by atoms with Crippen LogP contribution in [0.15, 0.2) is 36.4 Å². The second-order valence-electron chi connectivity index (χ2n) is 5.17. The van der Waals surface area contributed by atoms with E-state index in [0.717, 1.165) is 6.07 Å². The molecule has 0 aliphatic rings. The number of alkyl halides is 6. The normalized spacial score (nSPS) is 12.0. The Hall–Kier alpha value is -3.18. The maximum absolute atomic E-state index is 13.3. The highest BCUT2D eigenvalue weighted by Crippen LogP contribution is 2.37. The molecule has 0 radical (unpaired) electrons. The van der Waals surface area contributed by atoms with Crippen molar-refractivity contribution in [3.8, 4) is 0 Å². The molecule has 0 aliphatic heterocycles. The van der Waals surface area contributed by atoms with E-state index >= 15 is 0 Å². The summed E-state index contributed by atoms with van der Waals surface area (Å²) in [6.07, 6.45) is -10.1. The number of rotatable bonds is 3. The Kier molecular flexibility index (Phi) is 5.11. The lowest BCUT2D eigenvalue weighted by atomic mass is 10.1. The minimum absolute atomic E-state index is 0.143. The first-order chi connectivity index (χ1) is 12.3. The number of hydrogen-bond donors (Lipinski definition) is 1. The fourth-order valence-electron chi connectivity index (χ4n) is 2.09. The van der Waals surface area contributed by atoms with Crippen molar-refractivity contribution < 1.29 is 40.5 Å². The highest BCUT2D eigenvalue weighted by Gasteiger charge is 2.38. The topological polar surface area (TPSA) is 72.2 Å². The highest BCUT2D eigenvalue weighted by molar-refractivity contribution is 6.04. The summed E-state index contributed by atoms with van der Waals surface area (Å²) in [5, 5.41) is 12.5. The van der Waals surface area contributed by atoms with Gasteiger partial charge in [-0.05, 0) is 30.3 Å². The van der Waals surface area contributed by atoms with Gasteiger partial charge in [0.05, 0.1) is 10.5 Å². The fraction of sp³-hybridized carbons (Fsp3) is 0.133. The van der Waals surface area contributed by atoms with Crippen LogP contribution in [0, 0.1) is 15.9 Å². The average Bonchev–Trinajstić information content (AvgIpc) is 2.52. The van der Waals surface area contributed by atoms with Gasteiger partial charge in [0.25, 0.3) is 11.6 Å². The molecule has 2 aromatic carbocycles. The monoisotopic (exact) mass is 396 g/mol. The summed E-state index contributed by atoms with van der Waals surface area (Å²) in [6, 6.07) is 2.40. The number of nitrogens with zero attached hydrogens (tertiary/aromatic N) is 1. The van der Waals surface area contributed by atoms with Crippen molar-refractivity contribution in [1.82, 2.24) is 0 Å². The van der Waals surface area contributed by atoms with Crippen molar-refractivity contribution in [2.75, 3.05) is 5.32 Å². The molecule has 0 unspecified atom stereocenters. The number of amides is 1. The van der Waals surface area contributed by atoms with E-state index in [4.69, 9.17) is 0 Å². The highest BCUT2D eigenvalue weighted by atomic mass is 19.4. The van der Waals surface area contributed by atoms with E-state index in [0.29, 0.717) is 18.2 Å². The van der Waals surface area contributed by atoms with Crippen LogP contribution in [0.3, 0.4) is 0 Å². The van der Waals surface area contributed by atoms with Crippen LogP contribution in [0.1, 0.15) is 21.5 Å². The molecule has 5 nitrogen and oxygen atoms in total. The average molecular weight is 396 g/mol. The van der Waals surface area contributed by atoms with Crippen LogP contribution in [0.25, 0.3) is 0 Å². The Balaban J connectivity index is 2.39. The SMILES string of the molecule is O=C(Nc1ccc([N+](=O)[O-])c(C(F)(F)F)c1)c1cc(F)cc(C(F)(F)F)c1. The molecule has 1 N–H and O–H groups in total. The van der Waals surface area contributed by atoms with E-state index in [1.165, 1.54) is 0 Å². The van der Waals surface area contributed by atoms with Gasteiger partial charge in [-0.3, -0.25) is 14.9 Å². The Morgan fingerprint density at radius 2 is 1.59 bits per heavy atom. The van der Waals surface area contributed by atoms with Crippen molar-refractivity contribution in [3.63, 3.8) is 0 Å². The molecule has 0 aromatic heterocycles. The molecule has 0 atom stereocenters. The summed E-state index contributed by atoms with van der Waals surface area (Å²) in [5.41, 5.74) is -5.77. The molecule has 1 amide bonds. The van der Waals surface area contributed by atoms with E-state index in [1.54, 1.807) is 0 Å². The van der Waals surface area contributed by atoms with Crippen LogP contribution in [0.2, 0.25) is 0 Å². The predicted molar refractivity (Wildman–Crippen MR) is 77.5 cm³/mol. The molecule has 0 saturated heterocycles. The molecule has 27 heavy (non-hydrogen) atoms. The van der Waals surface area contributed by atoms with E-state index in [-0.39, 0.29) is 12.1 Å². The smallest absolute Gasteiger partial charge is 0.322 e. The first kappa shape index (κ1) is 20.1. The van der Waals surface area contributed by atoms with E-state index in [2.05, 4.69) is 0 Å². The molecular weight excluding hydrogens is 389 g/mol. The van der Waals surface area contributed by atoms with Gasteiger partial charge in [0.1, 0.15) is 11.4 Å². The standard InChI is InChI=1S/C15H7F7N2O3/c16-9-4-7(3-8(5-9)14(17,18)19)13(25)23-10-1-2-12(24(26)27)11(6-10)15(20,21)22/h1-6H,(H,23,25). The lowest BCUT2D eigenvalue weighted by Crippen LogP contribution is -2.16. The Morgan fingerprint density at radius 1 is 0.963 bits per heavy atom. The second kappa shape index (κ2) is 6.85. The molecule has 0 bridgehead atoms. The summed E-state index contributed by atoms with van der Waals surface area (Å²) in [7, 11) is 0. The summed E-state index contributed by atoms with van der Waals surface area (Å²) in [6.45, 7) is 0. The minimum atomic E-state index is -5.12. The van der Waals surface area contributed by atoms with Crippen molar-refractivity contribution >= 4 is 17.3 Å². The number of nitro benzene ring substituents is 1. The summed E-state index contributed by atoms with van der Waals surface area (Å²) >= 11 is 0. The molecule has 0 fully saturated rings. The van der Waals surface area contributed by atoms with E-state index in [9.17, 15) is 45.6 Å². The van der Waals surface area contributed by atoms with Crippen molar-refractivity contribution in [2.24, 2.45) is 0 Å². The number of nitrogens with one attached hydrogen (secondary N) is 1. The van der Waals surface area contributed by atoms with Crippen LogP contribution in [-0.2, 0) is 12.4 Å². The van der Waals surface area contributed by atoms with Crippen LogP contribution >= 0.6 is 0 Å². The molecule has 2 aromatic rings. The number of benzene rings is 2. The fourth-order valence-corrected chi connectivity index (χ4v) is 2.09. The zero-order valence-electron chi connectivity index (χ0n) is 12.8. The third kappa shape index (κ3) is 4.71. The first-order valence-electron chi connectivity index (χ1n) is 6.84. The molecule has 0 aliphatic carbocycles. The zero-order chi connectivity index (χ0) is 20.6. The summed E-state index contributed by atoms with van der Waals surface area (Å²) in [4.78, 5) is 21.3. The van der Waals surface area contributed by atoms with Gasteiger partial charge in [0.2, 0.25) is 0 Å². The largest absolute Gasteiger partial charge is 0.423 e. The third-order valence-electron chi connectivity index (χ3n) is 3.24. The minimum Gasteiger partial charge on any atom is -0.322 e. The predicted octanol–water partition coefficient (Wildman–Crippen LogP) is 5.02. The number of nitro groups is 1. The van der Waals surface area contributed by atoms with Gasteiger partial charge in [0, 0.05) is 17.3 Å². The van der Waals surface area contributed by atoms with Crippen molar-refractivity contribution in [3.05, 3.63) is 69.0 Å². The van der Waals surface area contributed by atoms with E-state index < -0.39 is 57.1 Å². The lowest BCUT2D eigenvalue weighted by Gasteiger charge is -2.12. The summed E-state index contributed by atoms with van der Waals surface area (Å²) in [5.74, 6) is -2.71. The lowest BCUT2D eigenvalue weighted by molar-refractivity contribution is -0.388. The second-order valence-corrected chi connectivity index (χ2v) is 5.17. The Labute approximate surface area is 145 Å². The molecular formula is C15H7F7N2O3. The van der Waals surface area contributed by atoms with Gasteiger partial charge in [-0.15, -0.1) is 0 Å². The van der Waals surface area contributed by atoms with Gasteiger partial charge in [-0.25, -0.2) is 4.39 Å². The Bertz CT molecular complexity index is 907. The maximum Gasteiger partial charge on any atom is 0.423 e. The number of carbonyl (C=O) groups is 1. The number of halogens is 7.